The number of anilines is 1. The number of aromatic nitrogens is 2. The van der Waals surface area contributed by atoms with Crippen molar-refractivity contribution in [3.8, 4) is 0 Å². The first-order valence-electron chi connectivity index (χ1n) is 12.2. The number of carbonyl (C=O) groups excluding carboxylic acids is 2. The minimum atomic E-state index is -0.393. The van der Waals surface area contributed by atoms with Gasteiger partial charge in [0.2, 0.25) is 17.8 Å². The molecule has 1 spiro atoms. The molecule has 1 N–H and O–H groups in total. The molecule has 8 heteroatoms. The van der Waals surface area contributed by atoms with E-state index in [0.717, 1.165) is 50.3 Å². The van der Waals surface area contributed by atoms with Crippen molar-refractivity contribution in [3.05, 3.63) is 54.1 Å². The van der Waals surface area contributed by atoms with Crippen molar-refractivity contribution >= 4 is 17.8 Å². The maximum atomic E-state index is 13.6. The number of nitrogens with one attached hydrogen (secondary N) is 1. The molecule has 5 rings (SSSR count). The Labute approximate surface area is 199 Å². The van der Waals surface area contributed by atoms with Gasteiger partial charge in [-0.1, -0.05) is 19.1 Å². The number of likely N-dealkylation sites (tertiary alicyclic amines) is 1. The molecule has 0 aliphatic carbocycles. The van der Waals surface area contributed by atoms with Crippen LogP contribution in [0.3, 0.4) is 0 Å². The molecule has 1 unspecified atom stereocenters. The largest absolute Gasteiger partial charge is 0.355 e. The van der Waals surface area contributed by atoms with Gasteiger partial charge in [0.15, 0.2) is 0 Å². The summed E-state index contributed by atoms with van der Waals surface area (Å²) in [6.45, 7) is 5.48. The van der Waals surface area contributed by atoms with Gasteiger partial charge in [-0.15, -0.1) is 0 Å². The van der Waals surface area contributed by atoms with Crippen LogP contribution in [0.2, 0.25) is 0 Å². The predicted molar refractivity (Wildman–Crippen MR) is 127 cm³/mol. The molecule has 0 bridgehead atoms. The molecule has 0 saturated carbocycles. The van der Waals surface area contributed by atoms with Crippen LogP contribution in [0.1, 0.15) is 50.5 Å². The zero-order valence-electron chi connectivity index (χ0n) is 19.7. The molecule has 1 aromatic carbocycles. The normalized spacial score (nSPS) is 24.1. The van der Waals surface area contributed by atoms with E-state index >= 15 is 0 Å². The van der Waals surface area contributed by atoms with E-state index in [4.69, 9.17) is 0 Å². The average Bonchev–Trinajstić information content (AvgIpc) is 2.86. The Kier molecular flexibility index (Phi) is 6.00. The number of nitrogens with zero attached hydrogens (tertiary/aromatic N) is 4. The lowest BCUT2D eigenvalue weighted by atomic mass is 9.62. The van der Waals surface area contributed by atoms with Crippen molar-refractivity contribution in [2.24, 2.45) is 10.8 Å². The molecular weight excluding hydrogens is 433 g/mol. The van der Waals surface area contributed by atoms with E-state index in [1.54, 1.807) is 18.5 Å². The molecule has 3 fully saturated rings. The van der Waals surface area contributed by atoms with E-state index in [1.165, 1.54) is 12.1 Å². The van der Waals surface area contributed by atoms with Gasteiger partial charge in [0.1, 0.15) is 5.82 Å². The highest BCUT2D eigenvalue weighted by Gasteiger charge is 2.48. The van der Waals surface area contributed by atoms with Crippen molar-refractivity contribution in [2.45, 2.75) is 44.9 Å². The topological polar surface area (TPSA) is 78.4 Å². The fourth-order valence-corrected chi connectivity index (χ4v) is 6.04. The molecule has 0 radical (unpaired) electrons. The molecule has 7 nitrogen and oxygen atoms in total. The third-order valence-corrected chi connectivity index (χ3v) is 8.29. The third-order valence-electron chi connectivity index (χ3n) is 8.29. The van der Waals surface area contributed by atoms with Crippen LogP contribution >= 0.6 is 0 Å². The number of halogens is 1. The lowest BCUT2D eigenvalue weighted by molar-refractivity contribution is -0.146. The standard InChI is InChI=1S/C26H32FN5O2/c1-25(7-13-32(14-8-25)24-28-11-2-12-29-24)23(34)31-15-9-26(10-16-31)17-22(33)30-18-21(26)19-3-5-20(27)6-4-19/h2-6,11-12,21H,7-10,13-18H2,1H3,(H,30,33). The van der Waals surface area contributed by atoms with Crippen molar-refractivity contribution in [1.82, 2.24) is 20.2 Å². The second-order valence-electron chi connectivity index (χ2n) is 10.3. The van der Waals surface area contributed by atoms with Gasteiger partial charge in [-0.2, -0.15) is 0 Å². The quantitative estimate of drug-likeness (QED) is 0.754. The Morgan fingerprint density at radius 2 is 1.68 bits per heavy atom. The first kappa shape index (κ1) is 22.7. The number of hydrogen-bond donors (Lipinski definition) is 1. The molecule has 4 heterocycles. The van der Waals surface area contributed by atoms with Crippen molar-refractivity contribution in [1.29, 1.82) is 0 Å². The van der Waals surface area contributed by atoms with Crippen molar-refractivity contribution in [2.75, 3.05) is 37.6 Å². The van der Waals surface area contributed by atoms with Crippen molar-refractivity contribution in [3.63, 3.8) is 0 Å². The predicted octanol–water partition coefficient (Wildman–Crippen LogP) is 3.13. The van der Waals surface area contributed by atoms with E-state index in [0.29, 0.717) is 26.1 Å². The lowest BCUT2D eigenvalue weighted by Gasteiger charge is -2.50. The molecule has 1 aromatic heterocycles. The molecule has 3 saturated heterocycles. The van der Waals surface area contributed by atoms with E-state index in [2.05, 4.69) is 27.1 Å². The third kappa shape index (κ3) is 4.26. The summed E-state index contributed by atoms with van der Waals surface area (Å²) >= 11 is 0. The number of benzene rings is 1. The van der Waals surface area contributed by atoms with Gasteiger partial charge in [0, 0.05) is 62.9 Å². The zero-order valence-corrected chi connectivity index (χ0v) is 19.7. The van der Waals surface area contributed by atoms with E-state index in [1.807, 2.05) is 17.0 Å². The Morgan fingerprint density at radius 3 is 2.32 bits per heavy atom. The second kappa shape index (κ2) is 8.96. The summed E-state index contributed by atoms with van der Waals surface area (Å²) < 4.78 is 13.5. The molecule has 3 aliphatic rings. The van der Waals surface area contributed by atoms with Crippen LogP contribution in [0.25, 0.3) is 0 Å². The molecule has 180 valence electrons. The zero-order chi connectivity index (χ0) is 23.8. The van der Waals surface area contributed by atoms with Gasteiger partial charge >= 0.3 is 0 Å². The first-order chi connectivity index (χ1) is 16.4. The maximum Gasteiger partial charge on any atom is 0.228 e. The van der Waals surface area contributed by atoms with E-state index in [9.17, 15) is 14.0 Å². The van der Waals surface area contributed by atoms with Gasteiger partial charge < -0.3 is 15.1 Å². The molecular formula is C26H32FN5O2. The Hall–Kier alpha value is -3.03. The Bertz CT molecular complexity index is 1030. The van der Waals surface area contributed by atoms with Crippen LogP contribution in [0, 0.1) is 16.6 Å². The highest BCUT2D eigenvalue weighted by Crippen LogP contribution is 2.49. The Morgan fingerprint density at radius 1 is 1.03 bits per heavy atom. The van der Waals surface area contributed by atoms with Crippen LogP contribution < -0.4 is 10.2 Å². The summed E-state index contributed by atoms with van der Waals surface area (Å²) in [4.78, 5) is 38.8. The number of piperidine rings is 3. The Balaban J connectivity index is 1.25. The number of hydrogen-bond acceptors (Lipinski definition) is 5. The van der Waals surface area contributed by atoms with Crippen LogP contribution in [0.15, 0.2) is 42.7 Å². The SMILES string of the molecule is CC1(C(=O)N2CCC3(CC2)CC(=O)NCC3c2ccc(F)cc2)CCN(c2ncccn2)CC1. The minimum absolute atomic E-state index is 0.0700. The van der Waals surface area contributed by atoms with E-state index < -0.39 is 5.41 Å². The minimum Gasteiger partial charge on any atom is -0.355 e. The van der Waals surface area contributed by atoms with Gasteiger partial charge in [0.25, 0.3) is 0 Å². The van der Waals surface area contributed by atoms with Crippen LogP contribution in [-0.4, -0.2) is 59.4 Å². The van der Waals surface area contributed by atoms with Gasteiger partial charge in [-0.05, 0) is 54.9 Å². The van der Waals surface area contributed by atoms with Crippen LogP contribution in [0.4, 0.5) is 10.3 Å². The average molecular weight is 466 g/mol. The van der Waals surface area contributed by atoms with Crippen LogP contribution in [-0.2, 0) is 9.59 Å². The molecule has 2 aromatic rings. The summed E-state index contributed by atoms with van der Waals surface area (Å²) in [7, 11) is 0. The second-order valence-corrected chi connectivity index (χ2v) is 10.3. The number of carbonyl (C=O) groups is 2. The molecule has 2 amide bonds. The summed E-state index contributed by atoms with van der Waals surface area (Å²) in [5.41, 5.74) is 0.478. The number of rotatable bonds is 3. The smallest absolute Gasteiger partial charge is 0.228 e. The summed E-state index contributed by atoms with van der Waals surface area (Å²) in [5.74, 6) is 0.887. The lowest BCUT2D eigenvalue weighted by Crippen LogP contribution is -2.55. The van der Waals surface area contributed by atoms with Gasteiger partial charge in [-0.25, -0.2) is 14.4 Å². The van der Waals surface area contributed by atoms with Gasteiger partial charge in [-0.3, -0.25) is 9.59 Å². The molecule has 34 heavy (non-hydrogen) atoms. The number of amides is 2. The fraction of sp³-hybridized carbons (Fsp3) is 0.538. The maximum absolute atomic E-state index is 13.6. The summed E-state index contributed by atoms with van der Waals surface area (Å²) in [5, 5.41) is 3.00. The van der Waals surface area contributed by atoms with Crippen molar-refractivity contribution < 1.29 is 14.0 Å². The summed E-state index contributed by atoms with van der Waals surface area (Å²) in [6.07, 6.45) is 7.06. The monoisotopic (exact) mass is 465 g/mol. The summed E-state index contributed by atoms with van der Waals surface area (Å²) in [6, 6.07) is 8.46. The van der Waals surface area contributed by atoms with E-state index in [-0.39, 0.29) is 29.0 Å². The molecule has 3 aliphatic heterocycles. The van der Waals surface area contributed by atoms with Crippen LogP contribution in [0.5, 0.6) is 0 Å². The highest BCUT2D eigenvalue weighted by molar-refractivity contribution is 5.83. The first-order valence-corrected chi connectivity index (χ1v) is 12.2. The highest BCUT2D eigenvalue weighted by atomic mass is 19.1. The van der Waals surface area contributed by atoms with Gasteiger partial charge in [0.05, 0.1) is 0 Å². The fourth-order valence-electron chi connectivity index (χ4n) is 6.04. The molecule has 1 atom stereocenters.